The summed E-state index contributed by atoms with van der Waals surface area (Å²) in [6.07, 6.45) is -1.31. The molecule has 0 bridgehead atoms. The van der Waals surface area contributed by atoms with Gasteiger partial charge in [0.1, 0.15) is 12.6 Å². The molecule has 0 radical (unpaired) electrons. The molecule has 1 saturated heterocycles. The maximum Gasteiger partial charge on any atom is 0.407 e. The first-order valence-corrected chi connectivity index (χ1v) is 11.6. The Balaban J connectivity index is 1.42. The zero-order valence-corrected chi connectivity index (χ0v) is 19.4. The molecule has 34 heavy (non-hydrogen) atoms. The van der Waals surface area contributed by atoms with Crippen molar-refractivity contribution in [2.75, 3.05) is 26.3 Å². The maximum atomic E-state index is 13.1. The Labute approximate surface area is 198 Å². The second-order valence-corrected chi connectivity index (χ2v) is 9.13. The molecule has 2 aliphatic rings. The van der Waals surface area contributed by atoms with Crippen LogP contribution in [0.15, 0.2) is 48.5 Å². The Kier molecular flexibility index (Phi) is 7.17. The fourth-order valence-corrected chi connectivity index (χ4v) is 4.69. The number of rotatable bonds is 7. The second-order valence-electron chi connectivity index (χ2n) is 9.13. The topological polar surface area (TPSA) is 105 Å². The van der Waals surface area contributed by atoms with Crippen LogP contribution in [0, 0.1) is 5.92 Å². The van der Waals surface area contributed by atoms with E-state index in [4.69, 9.17) is 9.47 Å². The molecule has 2 amide bonds. The van der Waals surface area contributed by atoms with Gasteiger partial charge in [-0.2, -0.15) is 0 Å². The average Bonchev–Trinajstić information content (AvgIpc) is 3.15. The number of carboxylic acids is 1. The number of hydrogen-bond acceptors (Lipinski definition) is 5. The molecule has 8 nitrogen and oxygen atoms in total. The summed E-state index contributed by atoms with van der Waals surface area (Å²) in [6, 6.07) is 15.4. The molecule has 0 saturated carbocycles. The molecule has 8 heteroatoms. The number of fused-ring (bicyclic) bond motifs is 3. The third-order valence-electron chi connectivity index (χ3n) is 6.29. The van der Waals surface area contributed by atoms with E-state index in [9.17, 15) is 19.5 Å². The fourth-order valence-electron chi connectivity index (χ4n) is 4.69. The van der Waals surface area contributed by atoms with Crippen molar-refractivity contribution in [2.24, 2.45) is 5.92 Å². The van der Waals surface area contributed by atoms with Gasteiger partial charge in [-0.25, -0.2) is 9.59 Å². The standard InChI is InChI=1S/C26H30N2O6/c1-16(2)13-22(24(29)28-11-12-33-23(14-28)25(30)31)27-26(32)34-15-21-19-9-5-3-7-17(19)18-8-4-6-10-20(18)21/h3-10,16,21-23H,11-15H2,1-2H3,(H,27,32)(H,30,31). The third kappa shape index (κ3) is 5.07. The lowest BCUT2D eigenvalue weighted by atomic mass is 9.98. The van der Waals surface area contributed by atoms with Crippen LogP contribution in [-0.4, -0.2) is 66.4 Å². The number of amides is 2. The monoisotopic (exact) mass is 466 g/mol. The van der Waals surface area contributed by atoms with Crippen LogP contribution in [-0.2, 0) is 19.1 Å². The summed E-state index contributed by atoms with van der Waals surface area (Å²) < 4.78 is 10.8. The van der Waals surface area contributed by atoms with Crippen LogP contribution < -0.4 is 5.32 Å². The van der Waals surface area contributed by atoms with Gasteiger partial charge in [0.2, 0.25) is 5.91 Å². The van der Waals surface area contributed by atoms with E-state index >= 15 is 0 Å². The number of nitrogens with one attached hydrogen (secondary N) is 1. The number of carbonyl (C=O) groups excluding carboxylic acids is 2. The highest BCUT2D eigenvalue weighted by atomic mass is 16.5. The van der Waals surface area contributed by atoms with E-state index in [1.807, 2.05) is 50.2 Å². The van der Waals surface area contributed by atoms with Gasteiger partial charge in [-0.3, -0.25) is 4.79 Å². The Morgan fingerprint density at radius 2 is 1.71 bits per heavy atom. The van der Waals surface area contributed by atoms with Crippen molar-refractivity contribution < 1.29 is 29.0 Å². The summed E-state index contributed by atoms with van der Waals surface area (Å²) in [4.78, 5) is 38.6. The average molecular weight is 467 g/mol. The lowest BCUT2D eigenvalue weighted by Gasteiger charge is -2.34. The summed E-state index contributed by atoms with van der Waals surface area (Å²) in [7, 11) is 0. The summed E-state index contributed by atoms with van der Waals surface area (Å²) in [6.45, 7) is 4.44. The zero-order chi connectivity index (χ0) is 24.2. The second kappa shape index (κ2) is 10.3. The molecule has 4 rings (SSSR count). The van der Waals surface area contributed by atoms with Crippen LogP contribution in [0.1, 0.15) is 37.3 Å². The van der Waals surface area contributed by atoms with Gasteiger partial charge in [0, 0.05) is 12.5 Å². The van der Waals surface area contributed by atoms with Gasteiger partial charge < -0.3 is 24.8 Å². The molecule has 0 aromatic heterocycles. The molecule has 2 N–H and O–H groups in total. The van der Waals surface area contributed by atoms with E-state index in [-0.39, 0.29) is 44.0 Å². The van der Waals surface area contributed by atoms with Gasteiger partial charge in [0.25, 0.3) is 0 Å². The number of carboxylic acid groups (broad SMARTS) is 1. The number of alkyl carbamates (subject to hydrolysis) is 1. The van der Waals surface area contributed by atoms with Gasteiger partial charge in [-0.05, 0) is 34.6 Å². The van der Waals surface area contributed by atoms with Crippen LogP contribution in [0.25, 0.3) is 11.1 Å². The number of nitrogens with zero attached hydrogens (tertiary/aromatic N) is 1. The number of carbonyl (C=O) groups is 3. The Morgan fingerprint density at radius 1 is 1.09 bits per heavy atom. The molecule has 1 aliphatic carbocycles. The van der Waals surface area contributed by atoms with Gasteiger partial charge in [-0.15, -0.1) is 0 Å². The van der Waals surface area contributed by atoms with E-state index in [1.165, 1.54) is 4.90 Å². The molecule has 2 aromatic rings. The predicted molar refractivity (Wildman–Crippen MR) is 125 cm³/mol. The number of aliphatic carboxylic acids is 1. The summed E-state index contributed by atoms with van der Waals surface area (Å²) in [5.74, 6) is -1.37. The van der Waals surface area contributed by atoms with Crippen molar-refractivity contribution in [1.29, 1.82) is 0 Å². The minimum absolute atomic E-state index is 0.0465. The van der Waals surface area contributed by atoms with Crippen LogP contribution >= 0.6 is 0 Å². The summed E-state index contributed by atoms with van der Waals surface area (Å²) in [5, 5.41) is 11.9. The van der Waals surface area contributed by atoms with Crippen molar-refractivity contribution in [3.63, 3.8) is 0 Å². The minimum atomic E-state index is -1.11. The van der Waals surface area contributed by atoms with Crippen LogP contribution in [0.3, 0.4) is 0 Å². The molecule has 2 atom stereocenters. The van der Waals surface area contributed by atoms with Crippen LogP contribution in [0.5, 0.6) is 0 Å². The van der Waals surface area contributed by atoms with Crippen molar-refractivity contribution in [3.8, 4) is 11.1 Å². The molecule has 1 heterocycles. The maximum absolute atomic E-state index is 13.1. The van der Waals surface area contributed by atoms with E-state index in [0.717, 1.165) is 22.3 Å². The number of hydrogen-bond donors (Lipinski definition) is 2. The Morgan fingerprint density at radius 3 is 2.29 bits per heavy atom. The van der Waals surface area contributed by atoms with Crippen LogP contribution in [0.2, 0.25) is 0 Å². The van der Waals surface area contributed by atoms with E-state index in [1.54, 1.807) is 0 Å². The van der Waals surface area contributed by atoms with Gasteiger partial charge in [0.15, 0.2) is 6.10 Å². The molecule has 1 aliphatic heterocycles. The highest BCUT2D eigenvalue weighted by Gasteiger charge is 2.34. The molecule has 180 valence electrons. The summed E-state index contributed by atoms with van der Waals surface area (Å²) >= 11 is 0. The Hall–Kier alpha value is -3.39. The van der Waals surface area contributed by atoms with Gasteiger partial charge in [0.05, 0.1) is 13.2 Å². The molecule has 2 aromatic carbocycles. The fraction of sp³-hybridized carbons (Fsp3) is 0.423. The molecule has 2 unspecified atom stereocenters. The highest BCUT2D eigenvalue weighted by Crippen LogP contribution is 2.44. The first-order valence-electron chi connectivity index (χ1n) is 11.6. The van der Waals surface area contributed by atoms with Crippen LogP contribution in [0.4, 0.5) is 4.79 Å². The number of morpholine rings is 1. The highest BCUT2D eigenvalue weighted by molar-refractivity contribution is 5.86. The quantitative estimate of drug-likeness (QED) is 0.649. The van der Waals surface area contributed by atoms with Crippen molar-refractivity contribution in [3.05, 3.63) is 59.7 Å². The zero-order valence-electron chi connectivity index (χ0n) is 19.4. The number of benzene rings is 2. The van der Waals surface area contributed by atoms with Crippen molar-refractivity contribution >= 4 is 18.0 Å². The number of ether oxygens (including phenoxy) is 2. The first-order chi connectivity index (χ1) is 16.3. The SMILES string of the molecule is CC(C)CC(NC(=O)OCC1c2ccccc2-c2ccccc21)C(=O)N1CCOC(C(=O)O)C1. The normalized spacial score (nSPS) is 18.2. The van der Waals surface area contributed by atoms with E-state index in [0.29, 0.717) is 6.42 Å². The van der Waals surface area contributed by atoms with Gasteiger partial charge in [-0.1, -0.05) is 62.4 Å². The lowest BCUT2D eigenvalue weighted by Crippen LogP contribution is -2.55. The lowest BCUT2D eigenvalue weighted by molar-refractivity contribution is -0.160. The third-order valence-corrected chi connectivity index (χ3v) is 6.29. The molecular formula is C26H30N2O6. The van der Waals surface area contributed by atoms with E-state index in [2.05, 4.69) is 17.4 Å². The molecular weight excluding hydrogens is 436 g/mol. The van der Waals surface area contributed by atoms with Gasteiger partial charge >= 0.3 is 12.1 Å². The predicted octanol–water partition coefficient (Wildman–Crippen LogP) is 3.25. The van der Waals surface area contributed by atoms with Crippen molar-refractivity contribution in [1.82, 2.24) is 10.2 Å². The Bertz CT molecular complexity index is 1020. The molecule has 0 spiro atoms. The molecule has 1 fully saturated rings. The largest absolute Gasteiger partial charge is 0.479 e. The van der Waals surface area contributed by atoms with E-state index < -0.39 is 24.2 Å². The first kappa shape index (κ1) is 23.8. The smallest absolute Gasteiger partial charge is 0.407 e. The summed E-state index contributed by atoms with van der Waals surface area (Å²) in [5.41, 5.74) is 4.50. The van der Waals surface area contributed by atoms with Crippen molar-refractivity contribution in [2.45, 2.75) is 38.3 Å². The minimum Gasteiger partial charge on any atom is -0.479 e.